The van der Waals surface area contributed by atoms with E-state index in [0.717, 1.165) is 83.5 Å². The quantitative estimate of drug-likeness (QED) is 0.0195. The minimum Gasteiger partial charge on any atom is -0.466 e. The molecule has 0 radical (unpaired) electrons. The van der Waals surface area contributed by atoms with Gasteiger partial charge in [-0.2, -0.15) is 0 Å². The number of carbonyl (C=O) groups excluding carboxylic acids is 2. The lowest BCUT2D eigenvalue weighted by Crippen LogP contribution is -2.60. The number of amides is 1. The molecule has 7 atom stereocenters. The summed E-state index contributed by atoms with van der Waals surface area (Å²) < 4.78 is 16.7. The molecule has 444 valence electrons. The first-order chi connectivity index (χ1) is 37.2. The Balaban J connectivity index is 1.98. The van der Waals surface area contributed by atoms with Gasteiger partial charge in [-0.05, 0) is 77.6 Å². The number of aliphatic hydroxyl groups is 5. The highest BCUT2D eigenvalue weighted by Crippen LogP contribution is 2.23. The number of hydrogen-bond acceptors (Lipinski definition) is 10. The molecule has 1 rings (SSSR count). The van der Waals surface area contributed by atoms with Crippen molar-refractivity contribution in [3.8, 4) is 0 Å². The zero-order valence-electron chi connectivity index (χ0n) is 49.0. The Labute approximate surface area is 466 Å². The summed E-state index contributed by atoms with van der Waals surface area (Å²) in [6.45, 7) is 4.09. The summed E-state index contributed by atoms with van der Waals surface area (Å²) >= 11 is 0. The Morgan fingerprint density at radius 1 is 0.500 bits per heavy atom. The lowest BCUT2D eigenvalue weighted by atomic mass is 9.99. The average molecular weight is 1070 g/mol. The van der Waals surface area contributed by atoms with Crippen LogP contribution in [0.4, 0.5) is 0 Å². The van der Waals surface area contributed by atoms with Gasteiger partial charge in [-0.15, -0.1) is 0 Å². The predicted molar refractivity (Wildman–Crippen MR) is 315 cm³/mol. The summed E-state index contributed by atoms with van der Waals surface area (Å²) in [7, 11) is 0. The number of ether oxygens (including phenoxy) is 3. The second kappa shape index (κ2) is 54.6. The van der Waals surface area contributed by atoms with Crippen molar-refractivity contribution in [1.29, 1.82) is 0 Å². The summed E-state index contributed by atoms with van der Waals surface area (Å²) in [5.74, 6) is -0.206. The van der Waals surface area contributed by atoms with Crippen LogP contribution in [0.25, 0.3) is 0 Å². The minimum absolute atomic E-state index is 0.000297. The van der Waals surface area contributed by atoms with Crippen molar-refractivity contribution in [3.63, 3.8) is 0 Å². The van der Waals surface area contributed by atoms with Gasteiger partial charge in [-0.1, -0.05) is 248 Å². The molecule has 1 fully saturated rings. The van der Waals surface area contributed by atoms with E-state index >= 15 is 0 Å². The topological polar surface area (TPSA) is 175 Å². The molecule has 1 amide bonds. The highest BCUT2D eigenvalue weighted by atomic mass is 16.7. The van der Waals surface area contributed by atoms with Crippen molar-refractivity contribution in [1.82, 2.24) is 5.32 Å². The van der Waals surface area contributed by atoms with Gasteiger partial charge in [0.05, 0.1) is 32.0 Å². The van der Waals surface area contributed by atoms with Crippen LogP contribution in [0.1, 0.15) is 290 Å². The smallest absolute Gasteiger partial charge is 0.305 e. The third kappa shape index (κ3) is 43.5. The first-order valence-corrected chi connectivity index (χ1v) is 31.9. The molecule has 1 heterocycles. The number of esters is 1. The molecular formula is C65H119NO10. The highest BCUT2D eigenvalue weighted by Gasteiger charge is 2.44. The molecule has 76 heavy (non-hydrogen) atoms. The number of rotatable bonds is 55. The molecule has 11 heteroatoms. The number of hydrogen-bond donors (Lipinski definition) is 6. The van der Waals surface area contributed by atoms with Crippen LogP contribution < -0.4 is 5.32 Å². The molecule has 0 aromatic heterocycles. The van der Waals surface area contributed by atoms with Crippen LogP contribution in [-0.2, 0) is 23.8 Å². The molecule has 0 aliphatic carbocycles. The van der Waals surface area contributed by atoms with Crippen LogP contribution in [0.3, 0.4) is 0 Å². The van der Waals surface area contributed by atoms with Crippen LogP contribution in [0.2, 0.25) is 0 Å². The molecule has 1 aliphatic rings. The maximum absolute atomic E-state index is 13.0. The number of allylic oxidation sites excluding steroid dienone is 7. The molecule has 1 aliphatic heterocycles. The van der Waals surface area contributed by atoms with Crippen molar-refractivity contribution in [2.45, 2.75) is 333 Å². The van der Waals surface area contributed by atoms with Crippen LogP contribution in [0.5, 0.6) is 0 Å². The van der Waals surface area contributed by atoms with Crippen LogP contribution in [0, 0.1) is 0 Å². The standard InChI is InChI=1S/C65H119NO10/c1-3-5-7-9-11-13-14-15-16-23-27-30-33-37-41-45-49-53-61(70)74-54-50-46-42-38-34-31-28-25-22-20-18-17-19-21-24-26-29-32-36-40-44-48-52-60(69)66-57(58(68)51-47-43-39-35-12-10-8-6-4-2)56-75-65-64(73)63(72)62(71)59(55-67)76-65/h4,6,12,19,21,35,47,51,57-59,62-65,67-68,71-73H,3,5,7-11,13-18,20,22-34,36-46,48-50,52-56H2,1-2H3,(H,66,69)/b6-4+,21-19-,35-12+,51-47+. The monoisotopic (exact) mass is 1070 g/mol. The minimum atomic E-state index is -1.58. The van der Waals surface area contributed by atoms with E-state index in [0.29, 0.717) is 19.4 Å². The lowest BCUT2D eigenvalue weighted by Gasteiger charge is -2.40. The molecule has 0 bridgehead atoms. The van der Waals surface area contributed by atoms with Crippen LogP contribution in [-0.4, -0.2) is 100 Å². The third-order valence-electron chi connectivity index (χ3n) is 15.0. The van der Waals surface area contributed by atoms with Gasteiger partial charge >= 0.3 is 5.97 Å². The van der Waals surface area contributed by atoms with Crippen molar-refractivity contribution in [3.05, 3.63) is 48.6 Å². The summed E-state index contributed by atoms with van der Waals surface area (Å²) in [5.41, 5.74) is 0. The van der Waals surface area contributed by atoms with Crippen LogP contribution >= 0.6 is 0 Å². The fourth-order valence-corrected chi connectivity index (χ4v) is 9.94. The van der Waals surface area contributed by atoms with E-state index in [9.17, 15) is 35.1 Å². The van der Waals surface area contributed by atoms with Gasteiger partial charge in [0.15, 0.2) is 6.29 Å². The Bertz CT molecular complexity index is 1400. The predicted octanol–water partition coefficient (Wildman–Crippen LogP) is 15.2. The van der Waals surface area contributed by atoms with E-state index in [4.69, 9.17) is 14.2 Å². The largest absolute Gasteiger partial charge is 0.466 e. The van der Waals surface area contributed by atoms with E-state index in [-0.39, 0.29) is 18.5 Å². The SMILES string of the molecule is C/C=C/CC/C=C/CC/C=C/C(O)C(COC1OC(CO)C(O)C(O)C1O)NC(=O)CCCCCCCCC/C=C\CCCCCCCCCCCCCOC(=O)CCCCCCCCCCCCCCCCCCC. The third-order valence-corrected chi connectivity index (χ3v) is 15.0. The lowest BCUT2D eigenvalue weighted by molar-refractivity contribution is -0.302. The van der Waals surface area contributed by atoms with Gasteiger partial charge in [-0.25, -0.2) is 0 Å². The number of aliphatic hydroxyl groups excluding tert-OH is 5. The molecule has 0 saturated carbocycles. The summed E-state index contributed by atoms with van der Waals surface area (Å²) in [5, 5.41) is 54.1. The summed E-state index contributed by atoms with van der Waals surface area (Å²) in [6.07, 6.45) is 59.7. The maximum Gasteiger partial charge on any atom is 0.305 e. The molecule has 0 aromatic carbocycles. The summed E-state index contributed by atoms with van der Waals surface area (Å²) in [4.78, 5) is 25.1. The second-order valence-corrected chi connectivity index (χ2v) is 22.1. The first kappa shape index (κ1) is 71.6. The molecule has 11 nitrogen and oxygen atoms in total. The second-order valence-electron chi connectivity index (χ2n) is 22.1. The number of unbranched alkanes of at least 4 members (excludes halogenated alkanes) is 36. The molecule has 1 saturated heterocycles. The fourth-order valence-electron chi connectivity index (χ4n) is 9.94. The van der Waals surface area contributed by atoms with E-state index in [1.165, 1.54) is 180 Å². The van der Waals surface area contributed by atoms with Crippen molar-refractivity contribution in [2.75, 3.05) is 19.8 Å². The Morgan fingerprint density at radius 3 is 1.38 bits per heavy atom. The Morgan fingerprint density at radius 2 is 0.908 bits per heavy atom. The van der Waals surface area contributed by atoms with E-state index in [1.807, 2.05) is 19.1 Å². The van der Waals surface area contributed by atoms with Gasteiger partial charge in [0, 0.05) is 12.8 Å². The van der Waals surface area contributed by atoms with E-state index in [1.54, 1.807) is 6.08 Å². The maximum atomic E-state index is 13.0. The van der Waals surface area contributed by atoms with Crippen molar-refractivity contribution < 1.29 is 49.3 Å². The van der Waals surface area contributed by atoms with Gasteiger partial charge < -0.3 is 45.1 Å². The van der Waals surface area contributed by atoms with Crippen LogP contribution in [0.15, 0.2) is 48.6 Å². The fraction of sp³-hybridized carbons (Fsp3) is 0.846. The number of nitrogens with one attached hydrogen (secondary N) is 1. The van der Waals surface area contributed by atoms with E-state index < -0.39 is 49.5 Å². The zero-order valence-corrected chi connectivity index (χ0v) is 49.0. The molecule has 6 N–H and O–H groups in total. The zero-order chi connectivity index (χ0) is 55.2. The Kier molecular flexibility index (Phi) is 51.4. The van der Waals surface area contributed by atoms with Crippen molar-refractivity contribution in [2.24, 2.45) is 0 Å². The van der Waals surface area contributed by atoms with Gasteiger partial charge in [0.25, 0.3) is 0 Å². The molecule has 0 aromatic rings. The molecular weight excluding hydrogens is 955 g/mol. The normalized spacial score (nSPS) is 19.0. The molecule has 7 unspecified atom stereocenters. The molecule has 0 spiro atoms. The van der Waals surface area contributed by atoms with Gasteiger partial charge in [0.1, 0.15) is 24.4 Å². The first-order valence-electron chi connectivity index (χ1n) is 31.9. The van der Waals surface area contributed by atoms with Gasteiger partial charge in [-0.3, -0.25) is 9.59 Å². The Hall–Kier alpha value is -2.38. The summed E-state index contributed by atoms with van der Waals surface area (Å²) in [6, 6.07) is -0.839. The van der Waals surface area contributed by atoms with E-state index in [2.05, 4.69) is 42.6 Å². The average Bonchev–Trinajstić information content (AvgIpc) is 3.42. The van der Waals surface area contributed by atoms with Gasteiger partial charge in [0.2, 0.25) is 5.91 Å². The number of carbonyl (C=O) groups is 2. The van der Waals surface area contributed by atoms with Crippen molar-refractivity contribution >= 4 is 11.9 Å². The highest BCUT2D eigenvalue weighted by molar-refractivity contribution is 5.76.